The van der Waals surface area contributed by atoms with Gasteiger partial charge in [-0.2, -0.15) is 13.2 Å². The average molecular weight is 347 g/mol. The highest BCUT2D eigenvalue weighted by Crippen LogP contribution is 2.34. The molecule has 0 aliphatic carbocycles. The molecule has 1 fully saturated rings. The maximum atomic E-state index is 13.1. The zero-order valence-electron chi connectivity index (χ0n) is 13.6. The number of halogens is 3. The molecule has 0 bridgehead atoms. The van der Waals surface area contributed by atoms with Gasteiger partial charge in [-0.15, -0.1) is 0 Å². The average Bonchev–Trinajstić information content (AvgIpc) is 2.60. The molecule has 0 spiro atoms. The van der Waals surface area contributed by atoms with Crippen LogP contribution in [-0.2, 0) is 6.18 Å². The van der Waals surface area contributed by atoms with Gasteiger partial charge in [0.15, 0.2) is 5.82 Å². The van der Waals surface area contributed by atoms with E-state index in [9.17, 15) is 13.2 Å². The van der Waals surface area contributed by atoms with E-state index in [-0.39, 0.29) is 0 Å². The molecule has 130 valence electrons. The molecule has 0 atom stereocenters. The first kappa shape index (κ1) is 16.0. The molecule has 0 amide bonds. The number of benzene rings is 1. The first-order valence-electron chi connectivity index (χ1n) is 7.98. The predicted octanol–water partition coefficient (Wildman–Crippen LogP) is 2.95. The highest BCUT2D eigenvalue weighted by molar-refractivity contribution is 6.06. The summed E-state index contributed by atoms with van der Waals surface area (Å²) in [7, 11) is 2.06. The maximum absolute atomic E-state index is 13.1. The van der Waals surface area contributed by atoms with Crippen molar-refractivity contribution in [2.24, 2.45) is 0 Å². The first-order chi connectivity index (χ1) is 11.9. The molecule has 1 aliphatic rings. The molecule has 4 rings (SSSR count). The minimum Gasteiger partial charge on any atom is -0.352 e. The fourth-order valence-corrected chi connectivity index (χ4v) is 3.10. The SMILES string of the molecule is CN1CCN(c2nc3ccc(C(F)(F)F)cc3c3nccnc23)CC1. The van der Waals surface area contributed by atoms with E-state index in [1.807, 2.05) is 0 Å². The zero-order chi connectivity index (χ0) is 17.6. The summed E-state index contributed by atoms with van der Waals surface area (Å²) in [6, 6.07) is 3.57. The van der Waals surface area contributed by atoms with Crippen LogP contribution >= 0.6 is 0 Å². The molecule has 0 saturated carbocycles. The fraction of sp³-hybridized carbons (Fsp3) is 0.353. The smallest absolute Gasteiger partial charge is 0.352 e. The van der Waals surface area contributed by atoms with Crippen LogP contribution < -0.4 is 4.90 Å². The molecule has 3 heterocycles. The molecule has 1 saturated heterocycles. The minimum atomic E-state index is -4.40. The molecule has 3 aromatic rings. The third-order valence-electron chi connectivity index (χ3n) is 4.52. The summed E-state index contributed by atoms with van der Waals surface area (Å²) in [5.74, 6) is 0.684. The van der Waals surface area contributed by atoms with Crippen LogP contribution in [0.1, 0.15) is 5.56 Å². The summed E-state index contributed by atoms with van der Waals surface area (Å²) in [4.78, 5) is 17.6. The van der Waals surface area contributed by atoms with Gasteiger partial charge in [-0.1, -0.05) is 0 Å². The minimum absolute atomic E-state index is 0.371. The summed E-state index contributed by atoms with van der Waals surface area (Å²) < 4.78 is 39.2. The van der Waals surface area contributed by atoms with Crippen molar-refractivity contribution >= 4 is 27.8 Å². The van der Waals surface area contributed by atoms with Gasteiger partial charge in [-0.3, -0.25) is 4.98 Å². The fourth-order valence-electron chi connectivity index (χ4n) is 3.10. The van der Waals surface area contributed by atoms with Gasteiger partial charge in [-0.05, 0) is 25.2 Å². The van der Waals surface area contributed by atoms with Gasteiger partial charge in [0.05, 0.1) is 11.1 Å². The van der Waals surface area contributed by atoms with E-state index in [0.29, 0.717) is 27.8 Å². The summed E-state index contributed by atoms with van der Waals surface area (Å²) in [6.45, 7) is 3.38. The molecule has 8 heteroatoms. The Morgan fingerprint density at radius 1 is 0.960 bits per heavy atom. The number of aromatic nitrogens is 3. The van der Waals surface area contributed by atoms with Crippen LogP contribution in [0.15, 0.2) is 30.6 Å². The second-order valence-corrected chi connectivity index (χ2v) is 6.21. The standard InChI is InChI=1S/C17H16F3N5/c1-24-6-8-25(9-7-24)16-15-14(21-4-5-22-15)12-10-11(17(18,19)20)2-3-13(12)23-16/h2-5,10H,6-9H2,1H3. The Labute approximate surface area is 142 Å². The lowest BCUT2D eigenvalue weighted by molar-refractivity contribution is -0.137. The van der Waals surface area contributed by atoms with Gasteiger partial charge in [-0.25, -0.2) is 9.97 Å². The Bertz CT molecular complexity index is 933. The van der Waals surface area contributed by atoms with Gasteiger partial charge >= 0.3 is 6.18 Å². The highest BCUT2D eigenvalue weighted by Gasteiger charge is 2.31. The summed E-state index contributed by atoms with van der Waals surface area (Å²) in [6.07, 6.45) is -1.36. The van der Waals surface area contributed by atoms with Crippen molar-refractivity contribution in [3.05, 3.63) is 36.2 Å². The normalized spacial score (nSPS) is 16.7. The third-order valence-corrected chi connectivity index (χ3v) is 4.52. The van der Waals surface area contributed by atoms with Crippen molar-refractivity contribution in [2.75, 3.05) is 38.1 Å². The molecule has 1 aromatic carbocycles. The second-order valence-electron chi connectivity index (χ2n) is 6.21. The molecular formula is C17H16F3N5. The summed E-state index contributed by atoms with van der Waals surface area (Å²) in [5, 5.41) is 0.371. The number of hydrogen-bond acceptors (Lipinski definition) is 5. The van der Waals surface area contributed by atoms with Crippen molar-refractivity contribution in [2.45, 2.75) is 6.18 Å². The van der Waals surface area contributed by atoms with Gasteiger partial charge in [0.25, 0.3) is 0 Å². The molecule has 2 aromatic heterocycles. The van der Waals surface area contributed by atoms with E-state index >= 15 is 0 Å². The molecule has 1 aliphatic heterocycles. The van der Waals surface area contributed by atoms with Crippen molar-refractivity contribution in [3.8, 4) is 0 Å². The van der Waals surface area contributed by atoms with E-state index < -0.39 is 11.7 Å². The van der Waals surface area contributed by atoms with Gasteiger partial charge in [0.1, 0.15) is 11.0 Å². The van der Waals surface area contributed by atoms with Crippen molar-refractivity contribution in [1.29, 1.82) is 0 Å². The van der Waals surface area contributed by atoms with Crippen LogP contribution in [0.4, 0.5) is 19.0 Å². The highest BCUT2D eigenvalue weighted by atomic mass is 19.4. The van der Waals surface area contributed by atoms with Gasteiger partial charge < -0.3 is 9.80 Å². The van der Waals surface area contributed by atoms with Crippen LogP contribution in [0, 0.1) is 0 Å². The molecule has 0 unspecified atom stereocenters. The molecule has 25 heavy (non-hydrogen) atoms. The summed E-state index contributed by atoms with van der Waals surface area (Å²) in [5.41, 5.74) is 0.780. The van der Waals surface area contributed by atoms with Crippen LogP contribution in [-0.4, -0.2) is 53.1 Å². The number of rotatable bonds is 1. The van der Waals surface area contributed by atoms with Crippen LogP contribution in [0.25, 0.3) is 21.9 Å². The van der Waals surface area contributed by atoms with E-state index in [0.717, 1.165) is 38.3 Å². The van der Waals surface area contributed by atoms with Crippen molar-refractivity contribution in [1.82, 2.24) is 19.9 Å². The Morgan fingerprint density at radius 3 is 2.32 bits per heavy atom. The quantitative estimate of drug-likeness (QED) is 0.634. The lowest BCUT2D eigenvalue weighted by atomic mass is 10.1. The lowest BCUT2D eigenvalue weighted by Gasteiger charge is -2.33. The molecule has 0 radical (unpaired) electrons. The third kappa shape index (κ3) is 2.86. The van der Waals surface area contributed by atoms with Gasteiger partial charge in [0, 0.05) is 44.0 Å². The Balaban J connectivity index is 1.93. The second kappa shape index (κ2) is 5.80. The van der Waals surface area contributed by atoms with Gasteiger partial charge in [0.2, 0.25) is 0 Å². The number of alkyl halides is 3. The molecular weight excluding hydrogens is 331 g/mol. The topological polar surface area (TPSA) is 45.2 Å². The van der Waals surface area contributed by atoms with Crippen molar-refractivity contribution < 1.29 is 13.2 Å². The zero-order valence-corrected chi connectivity index (χ0v) is 13.6. The monoisotopic (exact) mass is 347 g/mol. The predicted molar refractivity (Wildman–Crippen MR) is 89.6 cm³/mol. The summed E-state index contributed by atoms with van der Waals surface area (Å²) >= 11 is 0. The largest absolute Gasteiger partial charge is 0.416 e. The number of anilines is 1. The lowest BCUT2D eigenvalue weighted by Crippen LogP contribution is -2.45. The number of fused-ring (bicyclic) bond motifs is 3. The van der Waals surface area contributed by atoms with E-state index in [1.165, 1.54) is 12.3 Å². The first-order valence-corrected chi connectivity index (χ1v) is 7.98. The molecule has 0 N–H and O–H groups in total. The number of piperazine rings is 1. The Morgan fingerprint density at radius 2 is 1.64 bits per heavy atom. The maximum Gasteiger partial charge on any atom is 0.416 e. The number of likely N-dealkylation sites (N-methyl/N-ethyl adjacent to an activating group) is 1. The van der Waals surface area contributed by atoms with E-state index in [4.69, 9.17) is 0 Å². The van der Waals surface area contributed by atoms with Crippen LogP contribution in [0.2, 0.25) is 0 Å². The molecule has 5 nitrogen and oxygen atoms in total. The van der Waals surface area contributed by atoms with Crippen molar-refractivity contribution in [3.63, 3.8) is 0 Å². The number of pyridine rings is 1. The van der Waals surface area contributed by atoms with E-state index in [1.54, 1.807) is 6.20 Å². The van der Waals surface area contributed by atoms with E-state index in [2.05, 4.69) is 31.8 Å². The Kier molecular flexibility index (Phi) is 3.72. The number of hydrogen-bond donors (Lipinski definition) is 0. The number of nitrogens with zero attached hydrogens (tertiary/aromatic N) is 5. The Hall–Kier alpha value is -2.48. The van der Waals surface area contributed by atoms with Crippen LogP contribution in [0.5, 0.6) is 0 Å². The van der Waals surface area contributed by atoms with Crippen LogP contribution in [0.3, 0.4) is 0 Å².